The smallest absolute Gasteiger partial charge is 0.316 e. The van der Waals surface area contributed by atoms with E-state index in [9.17, 15) is 0 Å². The molecule has 0 amide bonds. The van der Waals surface area contributed by atoms with Gasteiger partial charge in [0.2, 0.25) is 0 Å². The third kappa shape index (κ3) is 4.84. The molecule has 0 radical (unpaired) electrons. The predicted molar refractivity (Wildman–Crippen MR) is 135 cm³/mol. The SMILES string of the molecule is CC(C)CCc1nc(OC[C@H]2CCCN2C)nc2c1CCN(c1cccc3ccccc13)C2. The molecule has 174 valence electrons. The summed E-state index contributed by atoms with van der Waals surface area (Å²) in [5.41, 5.74) is 4.97. The maximum absolute atomic E-state index is 6.20. The highest BCUT2D eigenvalue weighted by Crippen LogP contribution is 2.32. The number of hydrogen-bond acceptors (Lipinski definition) is 5. The molecule has 1 fully saturated rings. The topological polar surface area (TPSA) is 41.5 Å². The lowest BCUT2D eigenvalue weighted by Gasteiger charge is -2.32. The zero-order valence-electron chi connectivity index (χ0n) is 20.3. The molecule has 0 N–H and O–H groups in total. The molecule has 5 heteroatoms. The van der Waals surface area contributed by atoms with E-state index in [-0.39, 0.29) is 0 Å². The Hall–Kier alpha value is -2.66. The minimum absolute atomic E-state index is 0.468. The van der Waals surface area contributed by atoms with Gasteiger partial charge in [-0.15, -0.1) is 0 Å². The zero-order valence-corrected chi connectivity index (χ0v) is 20.3. The molecule has 2 aromatic carbocycles. The fourth-order valence-corrected chi connectivity index (χ4v) is 5.23. The number of likely N-dealkylation sites (tertiary alicyclic amines) is 1. The van der Waals surface area contributed by atoms with E-state index in [0.717, 1.165) is 44.6 Å². The van der Waals surface area contributed by atoms with Gasteiger partial charge in [-0.05, 0) is 68.6 Å². The number of rotatable bonds is 7. The van der Waals surface area contributed by atoms with E-state index < -0.39 is 0 Å². The molecule has 0 aliphatic carbocycles. The summed E-state index contributed by atoms with van der Waals surface area (Å²) < 4.78 is 6.20. The number of ether oxygens (including phenoxy) is 1. The first-order chi connectivity index (χ1) is 16.1. The van der Waals surface area contributed by atoms with E-state index in [1.807, 2.05) is 0 Å². The monoisotopic (exact) mass is 444 g/mol. The molecule has 3 aromatic rings. The summed E-state index contributed by atoms with van der Waals surface area (Å²) in [6, 6.07) is 16.3. The van der Waals surface area contributed by atoms with Gasteiger partial charge < -0.3 is 14.5 Å². The Morgan fingerprint density at radius 2 is 1.91 bits per heavy atom. The Kier molecular flexibility index (Phi) is 6.50. The molecule has 0 spiro atoms. The van der Waals surface area contributed by atoms with E-state index >= 15 is 0 Å². The normalized spacial score (nSPS) is 18.8. The molecule has 33 heavy (non-hydrogen) atoms. The second kappa shape index (κ2) is 9.68. The van der Waals surface area contributed by atoms with Gasteiger partial charge in [0.1, 0.15) is 6.61 Å². The summed E-state index contributed by atoms with van der Waals surface area (Å²) in [6.45, 7) is 8.18. The fourth-order valence-electron chi connectivity index (χ4n) is 5.23. The molecule has 1 saturated heterocycles. The summed E-state index contributed by atoms with van der Waals surface area (Å²) in [4.78, 5) is 14.7. The minimum atomic E-state index is 0.468. The first-order valence-corrected chi connectivity index (χ1v) is 12.5. The van der Waals surface area contributed by atoms with E-state index in [1.165, 1.54) is 40.6 Å². The number of nitrogens with zero attached hydrogens (tertiary/aromatic N) is 4. The van der Waals surface area contributed by atoms with Crippen LogP contribution in [-0.4, -0.2) is 47.7 Å². The quantitative estimate of drug-likeness (QED) is 0.498. The summed E-state index contributed by atoms with van der Waals surface area (Å²) in [5, 5.41) is 2.59. The van der Waals surface area contributed by atoms with Crippen molar-refractivity contribution >= 4 is 16.5 Å². The molecule has 0 saturated carbocycles. The highest BCUT2D eigenvalue weighted by molar-refractivity contribution is 5.94. The molecular formula is C28H36N4O. The number of fused-ring (bicyclic) bond motifs is 2. The molecule has 0 unspecified atom stereocenters. The number of aryl methyl sites for hydroxylation is 1. The lowest BCUT2D eigenvalue weighted by Crippen LogP contribution is -2.33. The Labute approximate surface area is 197 Å². The predicted octanol–water partition coefficient (Wildman–Crippen LogP) is 5.25. The molecule has 2 aliphatic heterocycles. The summed E-state index contributed by atoms with van der Waals surface area (Å²) in [6.07, 6.45) is 5.56. The Morgan fingerprint density at radius 3 is 2.73 bits per heavy atom. The standard InChI is InChI=1S/C28H36N4O/c1-20(2)13-14-25-24-15-17-32(27-12-6-9-21-8-4-5-11-23(21)27)18-26(24)30-28(29-25)33-19-22-10-7-16-31(22)3/h4-6,8-9,11-12,20,22H,7,10,13-19H2,1-3H3/t22-/m1/s1. The lowest BCUT2D eigenvalue weighted by molar-refractivity contribution is 0.186. The van der Waals surface area contributed by atoms with Crippen LogP contribution in [0.25, 0.3) is 10.8 Å². The second-order valence-electron chi connectivity index (χ2n) is 10.1. The molecule has 5 rings (SSSR count). The maximum Gasteiger partial charge on any atom is 0.316 e. The van der Waals surface area contributed by atoms with Gasteiger partial charge in [-0.1, -0.05) is 50.2 Å². The van der Waals surface area contributed by atoms with Crippen molar-refractivity contribution in [1.82, 2.24) is 14.9 Å². The van der Waals surface area contributed by atoms with E-state index in [4.69, 9.17) is 14.7 Å². The second-order valence-corrected chi connectivity index (χ2v) is 10.1. The van der Waals surface area contributed by atoms with Gasteiger partial charge in [0.05, 0.1) is 17.9 Å². The third-order valence-electron chi connectivity index (χ3n) is 7.27. The number of anilines is 1. The lowest BCUT2D eigenvalue weighted by atomic mass is 9.97. The molecule has 0 bridgehead atoms. The van der Waals surface area contributed by atoms with Crippen molar-refractivity contribution in [2.45, 2.75) is 58.5 Å². The average Bonchev–Trinajstić information content (AvgIpc) is 3.25. The van der Waals surface area contributed by atoms with Crippen LogP contribution in [0.5, 0.6) is 6.01 Å². The van der Waals surface area contributed by atoms with Gasteiger partial charge in [-0.3, -0.25) is 0 Å². The van der Waals surface area contributed by atoms with Crippen LogP contribution in [0.2, 0.25) is 0 Å². The number of hydrogen-bond donors (Lipinski definition) is 0. The summed E-state index contributed by atoms with van der Waals surface area (Å²) in [7, 11) is 2.19. The summed E-state index contributed by atoms with van der Waals surface area (Å²) in [5.74, 6) is 0.655. The van der Waals surface area contributed by atoms with E-state index in [1.54, 1.807) is 0 Å². The van der Waals surface area contributed by atoms with Gasteiger partial charge >= 0.3 is 6.01 Å². The van der Waals surface area contributed by atoms with Crippen LogP contribution in [0.4, 0.5) is 5.69 Å². The fraction of sp³-hybridized carbons (Fsp3) is 0.500. The highest BCUT2D eigenvalue weighted by Gasteiger charge is 2.25. The van der Waals surface area contributed by atoms with Crippen LogP contribution in [0, 0.1) is 5.92 Å². The van der Waals surface area contributed by atoms with Crippen molar-refractivity contribution in [2.75, 3.05) is 31.6 Å². The molecule has 5 nitrogen and oxygen atoms in total. The summed E-state index contributed by atoms with van der Waals surface area (Å²) >= 11 is 0. The molecule has 3 heterocycles. The van der Waals surface area contributed by atoms with E-state index in [0.29, 0.717) is 24.6 Å². The third-order valence-corrected chi connectivity index (χ3v) is 7.27. The zero-order chi connectivity index (χ0) is 22.8. The molecule has 1 atom stereocenters. The van der Waals surface area contributed by atoms with Crippen molar-refractivity contribution < 1.29 is 4.74 Å². The van der Waals surface area contributed by atoms with Gasteiger partial charge in [0, 0.05) is 23.7 Å². The number of benzene rings is 2. The largest absolute Gasteiger partial charge is 0.462 e. The maximum atomic E-state index is 6.20. The van der Waals surface area contributed by atoms with Gasteiger partial charge in [0.15, 0.2) is 0 Å². The van der Waals surface area contributed by atoms with Gasteiger partial charge in [-0.2, -0.15) is 9.97 Å². The average molecular weight is 445 g/mol. The van der Waals surface area contributed by atoms with Crippen molar-refractivity contribution in [1.29, 1.82) is 0 Å². The van der Waals surface area contributed by atoms with Crippen LogP contribution in [0.15, 0.2) is 42.5 Å². The van der Waals surface area contributed by atoms with E-state index in [2.05, 4.69) is 73.2 Å². The minimum Gasteiger partial charge on any atom is -0.462 e. The first kappa shape index (κ1) is 22.1. The van der Waals surface area contributed by atoms with Crippen molar-refractivity contribution in [2.24, 2.45) is 5.92 Å². The number of likely N-dealkylation sites (N-methyl/N-ethyl adjacent to an activating group) is 1. The molecule has 1 aromatic heterocycles. The van der Waals surface area contributed by atoms with Crippen LogP contribution < -0.4 is 9.64 Å². The Morgan fingerprint density at radius 1 is 1.06 bits per heavy atom. The Bertz CT molecular complexity index is 1110. The van der Waals surface area contributed by atoms with Crippen LogP contribution in [0.3, 0.4) is 0 Å². The number of aromatic nitrogens is 2. The Balaban J connectivity index is 1.43. The molecule has 2 aliphatic rings. The van der Waals surface area contributed by atoms with Crippen molar-refractivity contribution in [3.8, 4) is 6.01 Å². The van der Waals surface area contributed by atoms with Crippen LogP contribution in [0.1, 0.15) is 50.1 Å². The van der Waals surface area contributed by atoms with Crippen molar-refractivity contribution in [3.63, 3.8) is 0 Å². The van der Waals surface area contributed by atoms with Crippen molar-refractivity contribution in [3.05, 3.63) is 59.4 Å². The highest BCUT2D eigenvalue weighted by atomic mass is 16.5. The molecular weight excluding hydrogens is 408 g/mol. The van der Waals surface area contributed by atoms with Gasteiger partial charge in [0.25, 0.3) is 0 Å². The van der Waals surface area contributed by atoms with Crippen LogP contribution in [-0.2, 0) is 19.4 Å². The van der Waals surface area contributed by atoms with Crippen LogP contribution >= 0.6 is 0 Å². The first-order valence-electron chi connectivity index (χ1n) is 12.5. The van der Waals surface area contributed by atoms with Gasteiger partial charge in [-0.25, -0.2) is 0 Å².